The second-order valence-corrected chi connectivity index (χ2v) is 5.36. The second-order valence-electron chi connectivity index (χ2n) is 5.36. The standard InChI is InChI=1S/C15H24O2/c1-5-15(3,4)13-10-14(17)11(2)9-12(13)7-6-8-16/h9-10,16-17H,5-8H2,1-4H3. The number of aliphatic hydroxyl groups is 1. The molecule has 2 nitrogen and oxygen atoms in total. The Bertz CT molecular complexity index is 381. The molecule has 0 saturated heterocycles. The Labute approximate surface area is 104 Å². The molecule has 0 heterocycles. The SMILES string of the molecule is CCC(C)(C)c1cc(O)c(C)cc1CCCO. The van der Waals surface area contributed by atoms with Crippen LogP contribution in [-0.4, -0.2) is 16.8 Å². The summed E-state index contributed by atoms with van der Waals surface area (Å²) in [6.07, 6.45) is 2.68. The summed E-state index contributed by atoms with van der Waals surface area (Å²) in [5.41, 5.74) is 3.43. The van der Waals surface area contributed by atoms with Gasteiger partial charge in [-0.3, -0.25) is 0 Å². The van der Waals surface area contributed by atoms with Crippen LogP contribution in [0.1, 0.15) is 50.3 Å². The molecule has 0 bridgehead atoms. The first-order chi connectivity index (χ1) is 7.92. The topological polar surface area (TPSA) is 40.5 Å². The van der Waals surface area contributed by atoms with Crippen LogP contribution in [-0.2, 0) is 11.8 Å². The van der Waals surface area contributed by atoms with E-state index in [0.29, 0.717) is 5.75 Å². The minimum atomic E-state index is 0.0654. The van der Waals surface area contributed by atoms with E-state index in [0.717, 1.165) is 24.8 Å². The van der Waals surface area contributed by atoms with Gasteiger partial charge in [-0.1, -0.05) is 26.8 Å². The van der Waals surface area contributed by atoms with Gasteiger partial charge in [-0.25, -0.2) is 0 Å². The van der Waals surface area contributed by atoms with E-state index in [1.54, 1.807) is 0 Å². The number of rotatable bonds is 5. The van der Waals surface area contributed by atoms with Gasteiger partial charge >= 0.3 is 0 Å². The second kappa shape index (κ2) is 5.54. The number of aliphatic hydroxyl groups excluding tert-OH is 1. The highest BCUT2D eigenvalue weighted by Gasteiger charge is 2.22. The van der Waals surface area contributed by atoms with Crippen molar-refractivity contribution in [3.8, 4) is 5.75 Å². The average molecular weight is 236 g/mol. The average Bonchev–Trinajstić information content (AvgIpc) is 2.30. The van der Waals surface area contributed by atoms with Crippen molar-refractivity contribution in [2.24, 2.45) is 0 Å². The monoisotopic (exact) mass is 236 g/mol. The van der Waals surface area contributed by atoms with Crippen LogP contribution < -0.4 is 0 Å². The van der Waals surface area contributed by atoms with Crippen molar-refractivity contribution >= 4 is 0 Å². The molecule has 0 fully saturated rings. The summed E-state index contributed by atoms with van der Waals surface area (Å²) < 4.78 is 0. The van der Waals surface area contributed by atoms with E-state index in [1.165, 1.54) is 11.1 Å². The molecule has 0 amide bonds. The smallest absolute Gasteiger partial charge is 0.118 e. The van der Waals surface area contributed by atoms with Gasteiger partial charge in [-0.05, 0) is 54.4 Å². The molecule has 1 aromatic carbocycles. The van der Waals surface area contributed by atoms with E-state index in [4.69, 9.17) is 5.11 Å². The Morgan fingerprint density at radius 3 is 2.41 bits per heavy atom. The van der Waals surface area contributed by atoms with Crippen molar-refractivity contribution in [2.75, 3.05) is 6.61 Å². The summed E-state index contributed by atoms with van der Waals surface area (Å²) in [4.78, 5) is 0. The highest BCUT2D eigenvalue weighted by molar-refractivity contribution is 5.44. The third-order valence-electron chi connectivity index (χ3n) is 3.64. The first kappa shape index (κ1) is 14.0. The summed E-state index contributed by atoms with van der Waals surface area (Å²) >= 11 is 0. The molecule has 96 valence electrons. The Hall–Kier alpha value is -1.02. The molecule has 1 rings (SSSR count). The summed E-state index contributed by atoms with van der Waals surface area (Å²) in [6.45, 7) is 8.68. The van der Waals surface area contributed by atoms with Gasteiger partial charge in [0.2, 0.25) is 0 Å². The van der Waals surface area contributed by atoms with Gasteiger partial charge in [0.1, 0.15) is 5.75 Å². The van der Waals surface area contributed by atoms with Crippen LogP contribution in [0.15, 0.2) is 12.1 Å². The van der Waals surface area contributed by atoms with Crippen LogP contribution in [0.25, 0.3) is 0 Å². The van der Waals surface area contributed by atoms with Crippen molar-refractivity contribution < 1.29 is 10.2 Å². The minimum absolute atomic E-state index is 0.0654. The fraction of sp³-hybridized carbons (Fsp3) is 0.600. The van der Waals surface area contributed by atoms with Crippen molar-refractivity contribution in [3.05, 3.63) is 28.8 Å². The van der Waals surface area contributed by atoms with E-state index in [1.807, 2.05) is 13.0 Å². The molecule has 0 aliphatic heterocycles. The number of phenolic OH excluding ortho intramolecular Hbond substituents is 1. The molecule has 1 aromatic rings. The van der Waals surface area contributed by atoms with Gasteiger partial charge in [0.15, 0.2) is 0 Å². The number of aromatic hydroxyl groups is 1. The molecule has 0 spiro atoms. The Morgan fingerprint density at radius 2 is 1.88 bits per heavy atom. The van der Waals surface area contributed by atoms with Gasteiger partial charge in [-0.15, -0.1) is 0 Å². The Morgan fingerprint density at radius 1 is 1.24 bits per heavy atom. The predicted molar refractivity (Wildman–Crippen MR) is 71.6 cm³/mol. The summed E-state index contributed by atoms with van der Waals surface area (Å²) in [5, 5.41) is 18.8. The van der Waals surface area contributed by atoms with Crippen LogP contribution in [0.2, 0.25) is 0 Å². The first-order valence-corrected chi connectivity index (χ1v) is 6.36. The van der Waals surface area contributed by atoms with Crippen LogP contribution >= 0.6 is 0 Å². The maximum absolute atomic E-state index is 9.86. The molecular weight excluding hydrogens is 212 g/mol. The number of phenols is 1. The zero-order valence-electron chi connectivity index (χ0n) is 11.4. The van der Waals surface area contributed by atoms with Gasteiger partial charge < -0.3 is 10.2 Å². The fourth-order valence-electron chi connectivity index (χ4n) is 2.05. The normalized spacial score (nSPS) is 11.8. The molecular formula is C15H24O2. The molecule has 2 N–H and O–H groups in total. The minimum Gasteiger partial charge on any atom is -0.508 e. The molecule has 0 radical (unpaired) electrons. The van der Waals surface area contributed by atoms with Gasteiger partial charge in [0.05, 0.1) is 0 Å². The lowest BCUT2D eigenvalue weighted by molar-refractivity contribution is 0.288. The molecule has 2 heteroatoms. The largest absolute Gasteiger partial charge is 0.508 e. The van der Waals surface area contributed by atoms with Crippen molar-refractivity contribution in [1.82, 2.24) is 0 Å². The van der Waals surface area contributed by atoms with Crippen LogP contribution in [0.5, 0.6) is 5.75 Å². The molecule has 0 unspecified atom stereocenters. The third-order valence-corrected chi connectivity index (χ3v) is 3.64. The molecule has 0 saturated carbocycles. The molecule has 17 heavy (non-hydrogen) atoms. The van der Waals surface area contributed by atoms with Crippen LogP contribution in [0.3, 0.4) is 0 Å². The highest BCUT2D eigenvalue weighted by atomic mass is 16.3. The van der Waals surface area contributed by atoms with E-state index in [-0.39, 0.29) is 12.0 Å². The maximum Gasteiger partial charge on any atom is 0.118 e. The summed E-state index contributed by atoms with van der Waals surface area (Å²) in [7, 11) is 0. The molecule has 0 aliphatic carbocycles. The van der Waals surface area contributed by atoms with E-state index in [9.17, 15) is 5.11 Å². The molecule has 0 aliphatic rings. The zero-order chi connectivity index (χ0) is 13.1. The van der Waals surface area contributed by atoms with Crippen molar-refractivity contribution in [2.45, 2.75) is 52.4 Å². The Kier molecular flexibility index (Phi) is 4.58. The molecule has 0 atom stereocenters. The number of benzene rings is 1. The molecule has 0 aromatic heterocycles. The maximum atomic E-state index is 9.86. The lowest BCUT2D eigenvalue weighted by atomic mass is 9.78. The summed E-state index contributed by atoms with van der Waals surface area (Å²) in [6, 6.07) is 3.95. The lowest BCUT2D eigenvalue weighted by Gasteiger charge is -2.27. The van der Waals surface area contributed by atoms with E-state index >= 15 is 0 Å². The van der Waals surface area contributed by atoms with Gasteiger partial charge in [-0.2, -0.15) is 0 Å². The van der Waals surface area contributed by atoms with Crippen LogP contribution in [0, 0.1) is 6.92 Å². The third kappa shape index (κ3) is 3.22. The number of aryl methyl sites for hydroxylation is 2. The van der Waals surface area contributed by atoms with Gasteiger partial charge in [0, 0.05) is 6.61 Å². The summed E-state index contributed by atoms with van der Waals surface area (Å²) in [5.74, 6) is 0.370. The van der Waals surface area contributed by atoms with E-state index in [2.05, 4.69) is 26.8 Å². The van der Waals surface area contributed by atoms with Crippen molar-refractivity contribution in [3.63, 3.8) is 0 Å². The quantitative estimate of drug-likeness (QED) is 0.823. The zero-order valence-corrected chi connectivity index (χ0v) is 11.4. The van der Waals surface area contributed by atoms with Gasteiger partial charge in [0.25, 0.3) is 0 Å². The van der Waals surface area contributed by atoms with Crippen LogP contribution in [0.4, 0.5) is 0 Å². The predicted octanol–water partition coefficient (Wildman–Crippen LogP) is 3.31. The fourth-order valence-corrected chi connectivity index (χ4v) is 2.05. The van der Waals surface area contributed by atoms with Crippen molar-refractivity contribution in [1.29, 1.82) is 0 Å². The Balaban J connectivity index is 3.20. The van der Waals surface area contributed by atoms with E-state index < -0.39 is 0 Å². The highest BCUT2D eigenvalue weighted by Crippen LogP contribution is 2.34. The number of hydrogen-bond donors (Lipinski definition) is 2. The lowest BCUT2D eigenvalue weighted by Crippen LogP contribution is -2.18. The first-order valence-electron chi connectivity index (χ1n) is 6.36. The number of hydrogen-bond acceptors (Lipinski definition) is 2.